The second-order valence-corrected chi connectivity index (χ2v) is 6.65. The Bertz CT molecular complexity index is 703. The van der Waals surface area contributed by atoms with E-state index < -0.39 is 0 Å². The molecule has 2 heterocycles. The Morgan fingerprint density at radius 2 is 2.14 bits per heavy atom. The number of carbonyl (C=O) groups is 1. The maximum Gasteiger partial charge on any atom is 0.323 e. The van der Waals surface area contributed by atoms with Crippen molar-refractivity contribution in [1.29, 1.82) is 0 Å². The third-order valence-electron chi connectivity index (χ3n) is 3.13. The predicted octanol–water partition coefficient (Wildman–Crippen LogP) is 3.03. The number of thioether (sulfide) groups is 1. The van der Waals surface area contributed by atoms with Crippen LogP contribution in [0.15, 0.2) is 28.2 Å². The number of hydrogen-bond acceptors (Lipinski definition) is 4. The number of aromatic amines is 2. The van der Waals surface area contributed by atoms with Crippen molar-refractivity contribution in [2.45, 2.75) is 38.5 Å². The molecule has 6 heteroatoms. The van der Waals surface area contributed by atoms with E-state index in [9.17, 15) is 9.59 Å². The highest BCUT2D eigenvalue weighted by atomic mass is 32.2. The number of imidazole rings is 1. The first-order valence-electron chi connectivity index (χ1n) is 7.45. The van der Waals surface area contributed by atoms with E-state index in [4.69, 9.17) is 0 Å². The lowest BCUT2D eigenvalue weighted by atomic mass is 10.1. The van der Waals surface area contributed by atoms with Crippen molar-refractivity contribution in [1.82, 2.24) is 15.0 Å². The van der Waals surface area contributed by atoms with Gasteiger partial charge in [0.1, 0.15) is 5.69 Å². The number of rotatable bonds is 7. The smallest absolute Gasteiger partial charge is 0.309 e. The molecule has 0 aromatic carbocycles. The third kappa shape index (κ3) is 3.88. The van der Waals surface area contributed by atoms with Gasteiger partial charge in [-0.15, -0.1) is 11.8 Å². The number of aryl methyl sites for hydroxylation is 1. The van der Waals surface area contributed by atoms with Crippen LogP contribution in [0.2, 0.25) is 0 Å². The van der Waals surface area contributed by atoms with Gasteiger partial charge in [0.2, 0.25) is 5.78 Å². The molecule has 2 aromatic rings. The van der Waals surface area contributed by atoms with Crippen LogP contribution in [0.25, 0.3) is 0 Å². The van der Waals surface area contributed by atoms with Crippen LogP contribution in [-0.2, 0) is 6.42 Å². The SMILES string of the molecule is CCCc1[nH]c(=O)[nH]c1C(=O)c1cnccc1SCC(C)C. The van der Waals surface area contributed by atoms with Gasteiger partial charge in [-0.25, -0.2) is 4.79 Å². The molecule has 22 heavy (non-hydrogen) atoms. The van der Waals surface area contributed by atoms with Crippen LogP contribution >= 0.6 is 11.8 Å². The molecule has 0 aliphatic rings. The molecule has 0 fully saturated rings. The lowest BCUT2D eigenvalue weighted by Gasteiger charge is -2.09. The summed E-state index contributed by atoms with van der Waals surface area (Å²) < 4.78 is 0. The average Bonchev–Trinajstić information content (AvgIpc) is 2.86. The normalized spacial score (nSPS) is 11.1. The summed E-state index contributed by atoms with van der Waals surface area (Å²) >= 11 is 1.64. The fourth-order valence-corrected chi connectivity index (χ4v) is 3.09. The highest BCUT2D eigenvalue weighted by Gasteiger charge is 2.20. The number of nitrogens with one attached hydrogen (secondary N) is 2. The molecule has 0 bridgehead atoms. The molecule has 0 atom stereocenters. The monoisotopic (exact) mass is 319 g/mol. The van der Waals surface area contributed by atoms with Gasteiger partial charge in [0.25, 0.3) is 0 Å². The number of carbonyl (C=O) groups excluding carboxylic acids is 1. The van der Waals surface area contributed by atoms with Crippen molar-refractivity contribution in [3.8, 4) is 0 Å². The summed E-state index contributed by atoms with van der Waals surface area (Å²) in [5, 5.41) is 0. The minimum atomic E-state index is -0.341. The van der Waals surface area contributed by atoms with Crippen LogP contribution in [0.1, 0.15) is 48.9 Å². The number of aromatic nitrogens is 3. The molecule has 0 spiro atoms. The number of H-pyrrole nitrogens is 2. The summed E-state index contributed by atoms with van der Waals surface area (Å²) in [5.41, 5.74) is 1.22. The molecule has 0 unspecified atom stereocenters. The molecule has 2 rings (SSSR count). The summed E-state index contributed by atoms with van der Waals surface area (Å²) in [6.45, 7) is 6.28. The molecule has 0 saturated heterocycles. The summed E-state index contributed by atoms with van der Waals surface area (Å²) in [6, 6.07) is 1.85. The van der Waals surface area contributed by atoms with Crippen molar-refractivity contribution >= 4 is 17.5 Å². The van der Waals surface area contributed by atoms with E-state index in [-0.39, 0.29) is 11.5 Å². The highest BCUT2D eigenvalue weighted by molar-refractivity contribution is 7.99. The zero-order valence-corrected chi connectivity index (χ0v) is 13.9. The number of pyridine rings is 1. The molecule has 0 radical (unpaired) electrons. The fraction of sp³-hybridized carbons (Fsp3) is 0.438. The molecule has 2 N–H and O–H groups in total. The van der Waals surface area contributed by atoms with Crippen molar-refractivity contribution in [3.63, 3.8) is 0 Å². The zero-order chi connectivity index (χ0) is 16.1. The van der Waals surface area contributed by atoms with Gasteiger partial charge in [0.15, 0.2) is 0 Å². The minimum absolute atomic E-state index is 0.179. The molecular weight excluding hydrogens is 298 g/mol. The maximum absolute atomic E-state index is 12.8. The van der Waals surface area contributed by atoms with E-state index >= 15 is 0 Å². The van der Waals surface area contributed by atoms with Gasteiger partial charge in [0.05, 0.1) is 5.56 Å². The lowest BCUT2D eigenvalue weighted by molar-refractivity contribution is 0.103. The van der Waals surface area contributed by atoms with Gasteiger partial charge in [-0.3, -0.25) is 9.78 Å². The van der Waals surface area contributed by atoms with Crippen LogP contribution in [0.3, 0.4) is 0 Å². The van der Waals surface area contributed by atoms with E-state index in [1.165, 1.54) is 0 Å². The lowest BCUT2D eigenvalue weighted by Crippen LogP contribution is -2.09. The summed E-state index contributed by atoms with van der Waals surface area (Å²) in [4.78, 5) is 34.6. The van der Waals surface area contributed by atoms with Crippen LogP contribution < -0.4 is 5.69 Å². The van der Waals surface area contributed by atoms with E-state index in [1.807, 2.05) is 13.0 Å². The molecule has 2 aromatic heterocycles. The Morgan fingerprint density at radius 3 is 2.82 bits per heavy atom. The molecule has 5 nitrogen and oxygen atoms in total. The van der Waals surface area contributed by atoms with Crippen LogP contribution in [0.4, 0.5) is 0 Å². The van der Waals surface area contributed by atoms with Gasteiger partial charge in [-0.2, -0.15) is 0 Å². The van der Waals surface area contributed by atoms with E-state index in [2.05, 4.69) is 28.8 Å². The minimum Gasteiger partial charge on any atom is -0.309 e. The van der Waals surface area contributed by atoms with E-state index in [0.29, 0.717) is 29.3 Å². The Balaban J connectivity index is 2.35. The van der Waals surface area contributed by atoms with Gasteiger partial charge < -0.3 is 9.97 Å². The Labute approximate surface area is 134 Å². The molecule has 118 valence electrons. The number of nitrogens with zero attached hydrogens (tertiary/aromatic N) is 1. The van der Waals surface area contributed by atoms with E-state index in [1.54, 1.807) is 24.2 Å². The van der Waals surface area contributed by atoms with Crippen LogP contribution in [-0.4, -0.2) is 26.5 Å². The number of ketones is 1. The van der Waals surface area contributed by atoms with Crippen molar-refractivity contribution in [2.75, 3.05) is 5.75 Å². The Morgan fingerprint density at radius 1 is 1.36 bits per heavy atom. The van der Waals surface area contributed by atoms with Gasteiger partial charge >= 0.3 is 5.69 Å². The van der Waals surface area contributed by atoms with E-state index in [0.717, 1.165) is 17.1 Å². The Hall–Kier alpha value is -1.82. The summed E-state index contributed by atoms with van der Waals surface area (Å²) in [7, 11) is 0. The summed E-state index contributed by atoms with van der Waals surface area (Å²) in [5.74, 6) is 1.28. The molecule has 0 amide bonds. The van der Waals surface area contributed by atoms with Gasteiger partial charge in [-0.1, -0.05) is 27.2 Å². The molecule has 0 aliphatic heterocycles. The van der Waals surface area contributed by atoms with Gasteiger partial charge in [0, 0.05) is 28.7 Å². The molecule has 0 aliphatic carbocycles. The van der Waals surface area contributed by atoms with Crippen molar-refractivity contribution in [2.24, 2.45) is 5.92 Å². The maximum atomic E-state index is 12.8. The van der Waals surface area contributed by atoms with Crippen LogP contribution in [0.5, 0.6) is 0 Å². The highest BCUT2D eigenvalue weighted by Crippen LogP contribution is 2.26. The van der Waals surface area contributed by atoms with Crippen molar-refractivity contribution < 1.29 is 4.79 Å². The Kier molecular flexibility index (Phi) is 5.60. The second kappa shape index (κ2) is 7.45. The molecular formula is C16H21N3O2S. The summed E-state index contributed by atoms with van der Waals surface area (Å²) in [6.07, 6.45) is 4.78. The first-order chi connectivity index (χ1) is 10.5. The van der Waals surface area contributed by atoms with Gasteiger partial charge in [-0.05, 0) is 18.4 Å². The molecule has 0 saturated carbocycles. The predicted molar refractivity (Wildman–Crippen MR) is 88.6 cm³/mol. The first kappa shape index (κ1) is 16.5. The first-order valence-corrected chi connectivity index (χ1v) is 8.44. The largest absolute Gasteiger partial charge is 0.323 e. The standard InChI is InChI=1S/C16H21N3O2S/c1-4-5-12-14(19-16(21)18-12)15(20)11-8-17-7-6-13(11)22-9-10(2)3/h6-8,10H,4-5,9H2,1-3H3,(H2,18,19,21). The number of hydrogen-bond donors (Lipinski definition) is 2. The van der Waals surface area contributed by atoms with Crippen molar-refractivity contribution in [3.05, 3.63) is 45.9 Å². The fourth-order valence-electron chi connectivity index (χ4n) is 2.12. The zero-order valence-electron chi connectivity index (χ0n) is 13.1. The third-order valence-corrected chi connectivity index (χ3v) is 4.63. The topological polar surface area (TPSA) is 78.6 Å². The quantitative estimate of drug-likeness (QED) is 0.607. The van der Waals surface area contributed by atoms with Crippen LogP contribution in [0, 0.1) is 5.92 Å². The second-order valence-electron chi connectivity index (χ2n) is 5.59. The average molecular weight is 319 g/mol.